The summed E-state index contributed by atoms with van der Waals surface area (Å²) >= 11 is 5.52. The number of unbranched alkanes of at least 4 members (excludes halogenated alkanes) is 2. The Bertz CT molecular complexity index is 50.5. The zero-order valence-electron chi connectivity index (χ0n) is 6.49. The molecule has 0 bridgehead atoms. The van der Waals surface area contributed by atoms with E-state index in [1.165, 1.54) is 25.7 Å². The topological polar surface area (TPSA) is 0 Å². The average molecular weight is 149 g/mol. The molecule has 0 aromatic heterocycles. The monoisotopic (exact) mass is 148 g/mol. The van der Waals surface area contributed by atoms with Crippen LogP contribution in [0.25, 0.3) is 0 Å². The molecule has 0 aliphatic heterocycles. The van der Waals surface area contributed by atoms with Crippen molar-refractivity contribution in [2.45, 2.75) is 39.5 Å². The molecule has 0 aromatic carbocycles. The van der Waals surface area contributed by atoms with Gasteiger partial charge in [-0.3, -0.25) is 0 Å². The summed E-state index contributed by atoms with van der Waals surface area (Å²) in [6.07, 6.45) is 5.21. The molecule has 0 saturated carbocycles. The third-order valence-corrected chi connectivity index (χ3v) is 1.68. The molecule has 0 N–H and O–H groups in total. The molecule has 0 rings (SSSR count). The average Bonchev–Trinajstić information content (AvgIpc) is 1.80. The Hall–Kier alpha value is 0.290. The standard InChI is InChI=1S/C8H17Cl/c1-8(2)6-4-3-5-7-9/h8H,3-7H2,1-2H3. The molecule has 0 aliphatic carbocycles. The summed E-state index contributed by atoms with van der Waals surface area (Å²) in [4.78, 5) is 0. The van der Waals surface area contributed by atoms with Crippen molar-refractivity contribution in [3.8, 4) is 0 Å². The molecule has 9 heavy (non-hydrogen) atoms. The highest BCUT2D eigenvalue weighted by Crippen LogP contribution is 2.07. The van der Waals surface area contributed by atoms with E-state index in [1.54, 1.807) is 0 Å². The molecule has 1 heteroatoms. The number of hydrogen-bond acceptors (Lipinski definition) is 0. The third kappa shape index (κ3) is 8.29. The predicted molar refractivity (Wildman–Crippen MR) is 44.0 cm³/mol. The lowest BCUT2D eigenvalue weighted by atomic mass is 10.1. The minimum atomic E-state index is 0.831. The molecule has 0 saturated heterocycles. The third-order valence-electron chi connectivity index (χ3n) is 1.42. The van der Waals surface area contributed by atoms with Gasteiger partial charge in [-0.15, -0.1) is 11.6 Å². The number of hydrogen-bond donors (Lipinski definition) is 0. The van der Waals surface area contributed by atoms with Crippen LogP contribution in [0, 0.1) is 5.92 Å². The Morgan fingerprint density at radius 3 is 2.22 bits per heavy atom. The van der Waals surface area contributed by atoms with Gasteiger partial charge in [0.1, 0.15) is 0 Å². The fourth-order valence-corrected chi connectivity index (χ4v) is 1.01. The molecule has 0 aliphatic rings. The Balaban J connectivity index is 2.75. The van der Waals surface area contributed by atoms with Gasteiger partial charge in [0.25, 0.3) is 0 Å². The van der Waals surface area contributed by atoms with E-state index in [2.05, 4.69) is 13.8 Å². The zero-order valence-corrected chi connectivity index (χ0v) is 7.25. The van der Waals surface area contributed by atoms with E-state index in [4.69, 9.17) is 11.6 Å². The van der Waals surface area contributed by atoms with Gasteiger partial charge in [0.15, 0.2) is 0 Å². The van der Waals surface area contributed by atoms with Crippen LogP contribution in [-0.4, -0.2) is 5.88 Å². The summed E-state index contributed by atoms with van der Waals surface area (Å²) in [5.74, 6) is 1.69. The molecule has 56 valence electrons. The number of halogens is 1. The van der Waals surface area contributed by atoms with Crippen molar-refractivity contribution >= 4 is 11.6 Å². The lowest BCUT2D eigenvalue weighted by Crippen LogP contribution is -1.86. The maximum Gasteiger partial charge on any atom is 0.0223 e. The summed E-state index contributed by atoms with van der Waals surface area (Å²) in [6.45, 7) is 4.53. The quantitative estimate of drug-likeness (QED) is 0.414. The molecule has 0 atom stereocenters. The van der Waals surface area contributed by atoms with E-state index in [9.17, 15) is 0 Å². The molecule has 0 nitrogen and oxygen atoms in total. The molecular formula is C8H17Cl. The van der Waals surface area contributed by atoms with E-state index in [-0.39, 0.29) is 0 Å². The van der Waals surface area contributed by atoms with Crippen molar-refractivity contribution in [3.63, 3.8) is 0 Å². The van der Waals surface area contributed by atoms with Gasteiger partial charge < -0.3 is 0 Å². The Labute approximate surface area is 63.6 Å². The van der Waals surface area contributed by atoms with Gasteiger partial charge in [0.2, 0.25) is 0 Å². The van der Waals surface area contributed by atoms with Crippen molar-refractivity contribution in [1.29, 1.82) is 0 Å². The second-order valence-electron chi connectivity index (χ2n) is 2.93. The first-order valence-electron chi connectivity index (χ1n) is 3.83. The van der Waals surface area contributed by atoms with Crippen molar-refractivity contribution in [2.75, 3.05) is 5.88 Å². The maximum atomic E-state index is 5.52. The van der Waals surface area contributed by atoms with Crippen LogP contribution in [0.4, 0.5) is 0 Å². The summed E-state index contributed by atoms with van der Waals surface area (Å²) in [6, 6.07) is 0. The van der Waals surface area contributed by atoms with Gasteiger partial charge in [-0.2, -0.15) is 0 Å². The van der Waals surface area contributed by atoms with E-state index in [0.717, 1.165) is 11.8 Å². The van der Waals surface area contributed by atoms with Crippen LogP contribution in [-0.2, 0) is 0 Å². The van der Waals surface area contributed by atoms with Crippen LogP contribution in [0.5, 0.6) is 0 Å². The summed E-state index contributed by atoms with van der Waals surface area (Å²) in [7, 11) is 0. The number of rotatable bonds is 5. The van der Waals surface area contributed by atoms with Crippen molar-refractivity contribution in [1.82, 2.24) is 0 Å². The van der Waals surface area contributed by atoms with Gasteiger partial charge in [-0.25, -0.2) is 0 Å². The van der Waals surface area contributed by atoms with Crippen molar-refractivity contribution in [2.24, 2.45) is 5.92 Å². The first-order chi connectivity index (χ1) is 4.27. The van der Waals surface area contributed by atoms with Crippen LogP contribution in [0.15, 0.2) is 0 Å². The van der Waals surface area contributed by atoms with Gasteiger partial charge in [0, 0.05) is 5.88 Å². The maximum absolute atomic E-state index is 5.52. The second kappa shape index (κ2) is 6.41. The highest BCUT2D eigenvalue weighted by molar-refractivity contribution is 6.17. The Kier molecular flexibility index (Phi) is 6.62. The highest BCUT2D eigenvalue weighted by Gasteiger charge is 1.92. The predicted octanol–water partition coefficient (Wildman–Crippen LogP) is 3.44. The fourth-order valence-electron chi connectivity index (χ4n) is 0.824. The van der Waals surface area contributed by atoms with E-state index in [0.29, 0.717) is 0 Å². The van der Waals surface area contributed by atoms with E-state index >= 15 is 0 Å². The molecule has 0 spiro atoms. The van der Waals surface area contributed by atoms with Gasteiger partial charge in [0.05, 0.1) is 0 Å². The molecule has 0 amide bonds. The van der Waals surface area contributed by atoms with Crippen LogP contribution in [0.3, 0.4) is 0 Å². The number of alkyl halides is 1. The van der Waals surface area contributed by atoms with E-state index < -0.39 is 0 Å². The summed E-state index contributed by atoms with van der Waals surface area (Å²) < 4.78 is 0. The largest absolute Gasteiger partial charge is 0.127 e. The molecule has 0 radical (unpaired) electrons. The summed E-state index contributed by atoms with van der Waals surface area (Å²) in [5, 5.41) is 0. The normalized spacial score (nSPS) is 10.7. The zero-order chi connectivity index (χ0) is 7.11. The highest BCUT2D eigenvalue weighted by atomic mass is 35.5. The second-order valence-corrected chi connectivity index (χ2v) is 3.31. The van der Waals surface area contributed by atoms with Gasteiger partial charge in [-0.1, -0.05) is 33.1 Å². The molecular weight excluding hydrogens is 132 g/mol. The minimum absolute atomic E-state index is 0.831. The van der Waals surface area contributed by atoms with Gasteiger partial charge in [-0.05, 0) is 12.3 Å². The van der Waals surface area contributed by atoms with Crippen LogP contribution in [0.1, 0.15) is 39.5 Å². The Morgan fingerprint density at radius 2 is 1.78 bits per heavy atom. The molecule has 0 heterocycles. The fraction of sp³-hybridized carbons (Fsp3) is 1.00. The first kappa shape index (κ1) is 9.29. The van der Waals surface area contributed by atoms with Crippen molar-refractivity contribution in [3.05, 3.63) is 0 Å². The van der Waals surface area contributed by atoms with Crippen LogP contribution in [0.2, 0.25) is 0 Å². The smallest absolute Gasteiger partial charge is 0.0223 e. The first-order valence-corrected chi connectivity index (χ1v) is 4.36. The lowest BCUT2D eigenvalue weighted by molar-refractivity contribution is 0.535. The summed E-state index contributed by atoms with van der Waals surface area (Å²) in [5.41, 5.74) is 0. The van der Waals surface area contributed by atoms with E-state index in [1.807, 2.05) is 0 Å². The minimum Gasteiger partial charge on any atom is -0.127 e. The molecule has 0 aromatic rings. The van der Waals surface area contributed by atoms with Crippen LogP contribution < -0.4 is 0 Å². The van der Waals surface area contributed by atoms with Crippen molar-refractivity contribution < 1.29 is 0 Å². The molecule has 0 fully saturated rings. The molecule has 0 unspecified atom stereocenters. The Morgan fingerprint density at radius 1 is 1.11 bits per heavy atom. The SMILES string of the molecule is CC(C)CCCCCCl. The van der Waals surface area contributed by atoms with Crippen LogP contribution >= 0.6 is 11.6 Å². The van der Waals surface area contributed by atoms with Gasteiger partial charge >= 0.3 is 0 Å². The lowest BCUT2D eigenvalue weighted by Gasteiger charge is -2.01.